The first kappa shape index (κ1) is 12.0. The Balaban J connectivity index is 2.04. The second kappa shape index (κ2) is 5.25. The summed E-state index contributed by atoms with van der Waals surface area (Å²) in [6.45, 7) is 1.91. The Morgan fingerprint density at radius 2 is 2.25 bits per heavy atom. The van der Waals surface area contributed by atoms with Gasteiger partial charge in [-0.25, -0.2) is 0 Å². The topological polar surface area (TPSA) is 45.2 Å². The van der Waals surface area contributed by atoms with Crippen molar-refractivity contribution < 1.29 is 5.11 Å². The fourth-order valence-electron chi connectivity index (χ4n) is 2.14. The number of nitrogens with zero attached hydrogens (tertiary/aromatic N) is 1. The van der Waals surface area contributed by atoms with Gasteiger partial charge in [0, 0.05) is 22.8 Å². The Labute approximate surface area is 104 Å². The number of aromatic nitrogens is 1. The largest absolute Gasteiger partial charge is 0.389 e. The van der Waals surface area contributed by atoms with Crippen LogP contribution in [-0.4, -0.2) is 28.8 Å². The number of pyridine rings is 1. The average molecular weight is 285 g/mol. The van der Waals surface area contributed by atoms with Crippen LogP contribution in [0.3, 0.4) is 0 Å². The molecule has 0 saturated carbocycles. The van der Waals surface area contributed by atoms with E-state index in [1.807, 2.05) is 12.1 Å². The minimum absolute atomic E-state index is 0.579. The summed E-state index contributed by atoms with van der Waals surface area (Å²) in [6.07, 6.45) is 5.14. The molecule has 1 aromatic rings. The first-order valence-electron chi connectivity index (χ1n) is 5.72. The third-order valence-corrected chi connectivity index (χ3v) is 3.53. The quantitative estimate of drug-likeness (QED) is 0.872. The van der Waals surface area contributed by atoms with Gasteiger partial charge in [-0.3, -0.25) is 4.98 Å². The smallest absolute Gasteiger partial charge is 0.0715 e. The summed E-state index contributed by atoms with van der Waals surface area (Å²) in [5, 5.41) is 13.8. The van der Waals surface area contributed by atoms with Crippen molar-refractivity contribution in [2.45, 2.75) is 31.3 Å². The third-order valence-electron chi connectivity index (χ3n) is 3.06. The highest BCUT2D eigenvalue weighted by Crippen LogP contribution is 2.23. The Morgan fingerprint density at radius 1 is 1.38 bits per heavy atom. The van der Waals surface area contributed by atoms with E-state index < -0.39 is 5.60 Å². The van der Waals surface area contributed by atoms with Gasteiger partial charge < -0.3 is 10.4 Å². The summed E-state index contributed by atoms with van der Waals surface area (Å²) >= 11 is 3.36. The van der Waals surface area contributed by atoms with Crippen molar-refractivity contribution in [1.29, 1.82) is 0 Å². The average Bonchev–Trinajstić information content (AvgIpc) is 2.47. The highest BCUT2D eigenvalue weighted by atomic mass is 79.9. The molecular weight excluding hydrogens is 268 g/mol. The van der Waals surface area contributed by atoms with Crippen molar-refractivity contribution in [2.75, 3.05) is 13.1 Å². The number of hydrogen-bond acceptors (Lipinski definition) is 3. The monoisotopic (exact) mass is 284 g/mol. The molecule has 0 amide bonds. The Kier molecular flexibility index (Phi) is 3.95. The molecule has 16 heavy (non-hydrogen) atoms. The van der Waals surface area contributed by atoms with Crippen LogP contribution in [-0.2, 0) is 6.42 Å². The molecule has 1 aliphatic heterocycles. The van der Waals surface area contributed by atoms with Gasteiger partial charge in [0.25, 0.3) is 0 Å². The normalized spacial score (nSPS) is 26.4. The van der Waals surface area contributed by atoms with E-state index in [0.29, 0.717) is 6.42 Å². The summed E-state index contributed by atoms with van der Waals surface area (Å²) in [7, 11) is 0. The molecule has 0 radical (unpaired) electrons. The molecule has 1 unspecified atom stereocenters. The van der Waals surface area contributed by atoms with Crippen LogP contribution in [0.2, 0.25) is 0 Å². The summed E-state index contributed by atoms with van der Waals surface area (Å²) in [6, 6.07) is 3.95. The van der Waals surface area contributed by atoms with Crippen LogP contribution in [0, 0.1) is 0 Å². The van der Waals surface area contributed by atoms with Crippen LogP contribution in [0.25, 0.3) is 0 Å². The predicted molar refractivity (Wildman–Crippen MR) is 67.3 cm³/mol. The van der Waals surface area contributed by atoms with Crippen LogP contribution in [0.1, 0.15) is 25.0 Å². The molecule has 2 heterocycles. The highest BCUT2D eigenvalue weighted by Gasteiger charge is 2.28. The molecule has 0 spiro atoms. The lowest BCUT2D eigenvalue weighted by Crippen LogP contribution is -2.32. The summed E-state index contributed by atoms with van der Waals surface area (Å²) < 4.78 is 0.978. The summed E-state index contributed by atoms with van der Waals surface area (Å²) in [4.78, 5) is 4.32. The van der Waals surface area contributed by atoms with E-state index >= 15 is 0 Å². The molecule has 4 heteroatoms. The molecule has 88 valence electrons. The molecule has 0 aliphatic carbocycles. The van der Waals surface area contributed by atoms with Crippen molar-refractivity contribution in [1.82, 2.24) is 10.3 Å². The fraction of sp³-hybridized carbons (Fsp3) is 0.583. The van der Waals surface area contributed by atoms with Crippen LogP contribution >= 0.6 is 15.9 Å². The number of halogens is 1. The fourth-order valence-corrected chi connectivity index (χ4v) is 2.37. The molecular formula is C12H17BrN2O. The molecule has 1 saturated heterocycles. The van der Waals surface area contributed by atoms with Gasteiger partial charge in [0.05, 0.1) is 5.60 Å². The molecule has 1 aliphatic rings. The van der Waals surface area contributed by atoms with Crippen molar-refractivity contribution in [3.63, 3.8) is 0 Å². The van der Waals surface area contributed by atoms with Gasteiger partial charge in [-0.1, -0.05) is 0 Å². The van der Waals surface area contributed by atoms with Gasteiger partial charge in [-0.05, 0) is 60.4 Å². The van der Waals surface area contributed by atoms with E-state index in [1.54, 1.807) is 6.20 Å². The molecule has 1 atom stereocenters. The molecule has 3 nitrogen and oxygen atoms in total. The lowest BCUT2D eigenvalue weighted by molar-refractivity contribution is 0.0275. The second-order valence-corrected chi connectivity index (χ2v) is 5.39. The Morgan fingerprint density at radius 3 is 3.00 bits per heavy atom. The van der Waals surface area contributed by atoms with Crippen molar-refractivity contribution in [3.05, 3.63) is 28.5 Å². The van der Waals surface area contributed by atoms with E-state index in [1.165, 1.54) is 0 Å². The number of hydrogen-bond donors (Lipinski definition) is 2. The van der Waals surface area contributed by atoms with Gasteiger partial charge in [0.15, 0.2) is 0 Å². The molecule has 0 aromatic carbocycles. The van der Waals surface area contributed by atoms with Gasteiger partial charge in [-0.2, -0.15) is 0 Å². The lowest BCUT2D eigenvalue weighted by atomic mass is 9.89. The Bertz CT molecular complexity index is 331. The maximum Gasteiger partial charge on any atom is 0.0715 e. The number of nitrogens with one attached hydrogen (secondary N) is 1. The van der Waals surface area contributed by atoms with Gasteiger partial charge in [0.1, 0.15) is 0 Å². The van der Waals surface area contributed by atoms with E-state index in [0.717, 1.165) is 42.5 Å². The number of rotatable bonds is 2. The minimum Gasteiger partial charge on any atom is -0.389 e. The van der Waals surface area contributed by atoms with E-state index in [-0.39, 0.29) is 0 Å². The van der Waals surface area contributed by atoms with Crippen molar-refractivity contribution in [2.24, 2.45) is 0 Å². The Hall–Kier alpha value is -0.450. The van der Waals surface area contributed by atoms with Gasteiger partial charge >= 0.3 is 0 Å². The second-order valence-electron chi connectivity index (χ2n) is 4.47. The first-order valence-corrected chi connectivity index (χ1v) is 6.51. The third kappa shape index (κ3) is 3.27. The lowest BCUT2D eigenvalue weighted by Gasteiger charge is -2.25. The van der Waals surface area contributed by atoms with E-state index in [4.69, 9.17) is 0 Å². The van der Waals surface area contributed by atoms with Crippen LogP contribution < -0.4 is 5.32 Å². The zero-order chi connectivity index (χ0) is 11.4. The van der Waals surface area contributed by atoms with E-state index in [2.05, 4.69) is 26.2 Å². The molecule has 0 bridgehead atoms. The summed E-state index contributed by atoms with van der Waals surface area (Å²) in [5.74, 6) is 0. The highest BCUT2D eigenvalue weighted by molar-refractivity contribution is 9.10. The van der Waals surface area contributed by atoms with Gasteiger partial charge in [0.2, 0.25) is 0 Å². The predicted octanol–water partition coefficient (Wildman–Crippen LogP) is 1.89. The molecule has 2 N–H and O–H groups in total. The minimum atomic E-state index is -0.579. The number of aliphatic hydroxyl groups is 1. The SMILES string of the molecule is OC1(Cc2ccc(Br)cn2)CCCNCC1. The zero-order valence-corrected chi connectivity index (χ0v) is 10.8. The summed E-state index contributed by atoms with van der Waals surface area (Å²) in [5.41, 5.74) is 0.386. The molecule has 1 aromatic heterocycles. The van der Waals surface area contributed by atoms with Crippen LogP contribution in [0.5, 0.6) is 0 Å². The van der Waals surface area contributed by atoms with Crippen molar-refractivity contribution >= 4 is 15.9 Å². The van der Waals surface area contributed by atoms with Crippen LogP contribution in [0.4, 0.5) is 0 Å². The molecule has 1 fully saturated rings. The van der Waals surface area contributed by atoms with Crippen LogP contribution in [0.15, 0.2) is 22.8 Å². The zero-order valence-electron chi connectivity index (χ0n) is 9.25. The molecule has 2 rings (SSSR count). The van der Waals surface area contributed by atoms with Crippen molar-refractivity contribution in [3.8, 4) is 0 Å². The maximum absolute atomic E-state index is 10.5. The maximum atomic E-state index is 10.5. The standard InChI is InChI=1S/C12H17BrN2O/c13-10-2-3-11(15-9-10)8-12(16)4-1-6-14-7-5-12/h2-3,9,14,16H,1,4-8H2. The van der Waals surface area contributed by atoms with Gasteiger partial charge in [-0.15, -0.1) is 0 Å². The van der Waals surface area contributed by atoms with E-state index in [9.17, 15) is 5.11 Å². The first-order chi connectivity index (χ1) is 7.68.